The maximum atomic E-state index is 12.9. The molecule has 0 aliphatic heterocycles. The molecule has 36 heavy (non-hydrogen) atoms. The molecule has 4 rings (SSSR count). The number of hydrogen-bond acceptors (Lipinski definition) is 4. The van der Waals surface area contributed by atoms with E-state index in [0.29, 0.717) is 34.4 Å². The average Bonchev–Trinajstić information content (AvgIpc) is 2.91. The summed E-state index contributed by atoms with van der Waals surface area (Å²) in [5.74, 6) is 3.04. The lowest BCUT2D eigenvalue weighted by Crippen LogP contribution is -2.13. The normalized spacial score (nSPS) is 10.8. The standard InChI is InChI=1S/C30H21ClN2O3/c1-2-17-35-29-16-9-22-5-3-4-6-27(22)28(29)18-23(19-32)30(34)33-25-12-14-26(15-13-25)36-20-21-7-10-24(31)11-8-21/h1,3-16,18H,17,20H2,(H,33,34)/b23-18+. The van der Waals surface area contributed by atoms with Crippen molar-refractivity contribution in [2.45, 2.75) is 6.61 Å². The number of anilines is 1. The second-order valence-electron chi connectivity index (χ2n) is 7.75. The number of nitriles is 1. The quantitative estimate of drug-likeness (QED) is 0.170. The van der Waals surface area contributed by atoms with Gasteiger partial charge in [0.2, 0.25) is 0 Å². The number of benzene rings is 4. The Hall–Kier alpha value is -4.71. The molecule has 0 saturated carbocycles. The van der Waals surface area contributed by atoms with Crippen LogP contribution in [0.2, 0.25) is 5.02 Å². The van der Waals surface area contributed by atoms with Crippen LogP contribution >= 0.6 is 11.6 Å². The van der Waals surface area contributed by atoms with E-state index in [1.165, 1.54) is 6.08 Å². The van der Waals surface area contributed by atoms with Gasteiger partial charge >= 0.3 is 0 Å². The fourth-order valence-electron chi connectivity index (χ4n) is 3.54. The van der Waals surface area contributed by atoms with Gasteiger partial charge in [-0.3, -0.25) is 4.79 Å². The van der Waals surface area contributed by atoms with E-state index in [1.807, 2.05) is 60.7 Å². The van der Waals surface area contributed by atoms with Gasteiger partial charge in [0.15, 0.2) is 0 Å². The molecule has 0 spiro atoms. The molecule has 0 radical (unpaired) electrons. The molecule has 0 bridgehead atoms. The summed E-state index contributed by atoms with van der Waals surface area (Å²) >= 11 is 5.91. The van der Waals surface area contributed by atoms with Crippen molar-refractivity contribution in [1.82, 2.24) is 0 Å². The first-order valence-electron chi connectivity index (χ1n) is 11.1. The number of amides is 1. The Bertz CT molecular complexity index is 1490. The van der Waals surface area contributed by atoms with Gasteiger partial charge in [-0.2, -0.15) is 5.26 Å². The SMILES string of the molecule is C#CCOc1ccc2ccccc2c1/C=C(\C#N)C(=O)Nc1ccc(OCc2ccc(Cl)cc2)cc1. The molecular formula is C30H21ClN2O3. The first kappa shape index (κ1) is 24.4. The molecule has 0 saturated heterocycles. The Morgan fingerprint density at radius 3 is 2.44 bits per heavy atom. The maximum absolute atomic E-state index is 12.9. The molecule has 176 valence electrons. The van der Waals surface area contributed by atoms with Crippen LogP contribution in [0.3, 0.4) is 0 Å². The third-order valence-corrected chi connectivity index (χ3v) is 5.58. The van der Waals surface area contributed by atoms with Crippen LogP contribution in [0.4, 0.5) is 5.69 Å². The fraction of sp³-hybridized carbons (Fsp3) is 0.0667. The minimum absolute atomic E-state index is 0.0691. The number of carbonyl (C=O) groups excluding carboxylic acids is 1. The summed E-state index contributed by atoms with van der Waals surface area (Å²) in [7, 11) is 0. The summed E-state index contributed by atoms with van der Waals surface area (Å²) < 4.78 is 11.4. The number of terminal acetylenes is 1. The van der Waals surface area contributed by atoms with Crippen LogP contribution in [-0.2, 0) is 11.4 Å². The zero-order valence-corrected chi connectivity index (χ0v) is 20.0. The van der Waals surface area contributed by atoms with Gasteiger partial charge in [-0.1, -0.05) is 60.0 Å². The van der Waals surface area contributed by atoms with Crippen LogP contribution in [0.5, 0.6) is 11.5 Å². The molecule has 4 aromatic rings. The van der Waals surface area contributed by atoms with E-state index in [-0.39, 0.29) is 12.2 Å². The number of nitrogens with one attached hydrogen (secondary N) is 1. The molecule has 0 aromatic heterocycles. The van der Waals surface area contributed by atoms with Crippen molar-refractivity contribution in [3.63, 3.8) is 0 Å². The smallest absolute Gasteiger partial charge is 0.266 e. The molecule has 0 aliphatic rings. The summed E-state index contributed by atoms with van der Waals surface area (Å²) in [5.41, 5.74) is 2.06. The van der Waals surface area contributed by atoms with E-state index in [2.05, 4.69) is 11.2 Å². The van der Waals surface area contributed by atoms with Gasteiger partial charge in [0.1, 0.15) is 36.4 Å². The molecule has 1 amide bonds. The number of ether oxygens (including phenoxy) is 2. The zero-order chi connectivity index (χ0) is 25.3. The van der Waals surface area contributed by atoms with Crippen molar-refractivity contribution in [3.05, 3.63) is 107 Å². The number of rotatable bonds is 8. The first-order chi connectivity index (χ1) is 17.6. The van der Waals surface area contributed by atoms with Gasteiger partial charge in [-0.05, 0) is 64.9 Å². The molecule has 0 aliphatic carbocycles. The second-order valence-corrected chi connectivity index (χ2v) is 8.19. The van der Waals surface area contributed by atoms with Gasteiger partial charge in [0.05, 0.1) is 0 Å². The molecule has 6 heteroatoms. The molecule has 0 unspecified atom stereocenters. The van der Waals surface area contributed by atoms with E-state index < -0.39 is 5.91 Å². The van der Waals surface area contributed by atoms with Crippen molar-refractivity contribution in [2.24, 2.45) is 0 Å². The minimum Gasteiger partial charge on any atom is -0.489 e. The van der Waals surface area contributed by atoms with Gasteiger partial charge in [0.25, 0.3) is 5.91 Å². The van der Waals surface area contributed by atoms with Crippen LogP contribution in [0.1, 0.15) is 11.1 Å². The molecule has 0 fully saturated rings. The molecule has 0 atom stereocenters. The van der Waals surface area contributed by atoms with Gasteiger partial charge in [-0.25, -0.2) is 0 Å². The predicted octanol–water partition coefficient (Wildman–Crippen LogP) is 6.63. The van der Waals surface area contributed by atoms with Crippen molar-refractivity contribution < 1.29 is 14.3 Å². The Morgan fingerprint density at radius 1 is 0.972 bits per heavy atom. The number of halogens is 1. The van der Waals surface area contributed by atoms with Crippen LogP contribution in [-0.4, -0.2) is 12.5 Å². The number of carbonyl (C=O) groups is 1. The zero-order valence-electron chi connectivity index (χ0n) is 19.2. The van der Waals surface area contributed by atoms with Gasteiger partial charge < -0.3 is 14.8 Å². The Balaban J connectivity index is 1.50. The highest BCUT2D eigenvalue weighted by molar-refractivity contribution is 6.30. The monoisotopic (exact) mass is 492 g/mol. The maximum Gasteiger partial charge on any atom is 0.266 e. The van der Waals surface area contributed by atoms with Crippen molar-refractivity contribution in [2.75, 3.05) is 11.9 Å². The lowest BCUT2D eigenvalue weighted by Gasteiger charge is -2.11. The highest BCUT2D eigenvalue weighted by Crippen LogP contribution is 2.30. The summed E-state index contributed by atoms with van der Waals surface area (Å²) in [4.78, 5) is 12.9. The Morgan fingerprint density at radius 2 is 1.72 bits per heavy atom. The van der Waals surface area contributed by atoms with E-state index in [1.54, 1.807) is 30.3 Å². The van der Waals surface area contributed by atoms with Gasteiger partial charge in [0, 0.05) is 16.3 Å². The molecule has 4 aromatic carbocycles. The van der Waals surface area contributed by atoms with Crippen LogP contribution < -0.4 is 14.8 Å². The van der Waals surface area contributed by atoms with E-state index in [0.717, 1.165) is 16.3 Å². The average molecular weight is 493 g/mol. The van der Waals surface area contributed by atoms with Crippen molar-refractivity contribution in [1.29, 1.82) is 5.26 Å². The Kier molecular flexibility index (Phi) is 7.88. The minimum atomic E-state index is -0.539. The van der Waals surface area contributed by atoms with Crippen LogP contribution in [0, 0.1) is 23.7 Å². The van der Waals surface area contributed by atoms with Crippen molar-refractivity contribution in [3.8, 4) is 29.9 Å². The molecule has 1 N–H and O–H groups in total. The molecular weight excluding hydrogens is 472 g/mol. The fourth-order valence-corrected chi connectivity index (χ4v) is 3.67. The number of hydrogen-bond donors (Lipinski definition) is 1. The third kappa shape index (κ3) is 6.04. The largest absolute Gasteiger partial charge is 0.489 e. The highest BCUT2D eigenvalue weighted by Gasteiger charge is 2.14. The lowest BCUT2D eigenvalue weighted by atomic mass is 10.0. The number of nitrogens with zero attached hydrogens (tertiary/aromatic N) is 1. The number of fused-ring (bicyclic) bond motifs is 1. The van der Waals surface area contributed by atoms with Crippen LogP contribution in [0.25, 0.3) is 16.8 Å². The summed E-state index contributed by atoms with van der Waals surface area (Å²) in [5, 5.41) is 14.9. The summed E-state index contributed by atoms with van der Waals surface area (Å²) in [6.07, 6.45) is 6.87. The van der Waals surface area contributed by atoms with E-state index in [9.17, 15) is 10.1 Å². The first-order valence-corrected chi connectivity index (χ1v) is 11.4. The van der Waals surface area contributed by atoms with Crippen LogP contribution in [0.15, 0.2) is 90.5 Å². The van der Waals surface area contributed by atoms with E-state index >= 15 is 0 Å². The van der Waals surface area contributed by atoms with E-state index in [4.69, 9.17) is 27.5 Å². The highest BCUT2D eigenvalue weighted by atomic mass is 35.5. The summed E-state index contributed by atoms with van der Waals surface area (Å²) in [6.45, 7) is 0.457. The predicted molar refractivity (Wildman–Crippen MR) is 143 cm³/mol. The topological polar surface area (TPSA) is 71.3 Å². The third-order valence-electron chi connectivity index (χ3n) is 5.33. The summed E-state index contributed by atoms with van der Waals surface area (Å²) in [6, 6.07) is 27.6. The van der Waals surface area contributed by atoms with Crippen molar-refractivity contribution >= 4 is 40.0 Å². The van der Waals surface area contributed by atoms with Gasteiger partial charge in [-0.15, -0.1) is 6.42 Å². The molecule has 0 heterocycles. The Labute approximate surface area is 214 Å². The second kappa shape index (κ2) is 11.6. The molecule has 5 nitrogen and oxygen atoms in total. The lowest BCUT2D eigenvalue weighted by molar-refractivity contribution is -0.112.